The van der Waals surface area contributed by atoms with Gasteiger partial charge in [0.05, 0.1) is 24.9 Å². The zero-order valence-corrected chi connectivity index (χ0v) is 20.8. The van der Waals surface area contributed by atoms with Gasteiger partial charge in [-0.3, -0.25) is 0 Å². The number of hydrogen-bond acceptors (Lipinski definition) is 6. The number of anilines is 2. The van der Waals surface area contributed by atoms with E-state index in [4.69, 9.17) is 32.7 Å². The number of halogens is 3. The van der Waals surface area contributed by atoms with Crippen molar-refractivity contribution in [1.82, 2.24) is 14.9 Å². The summed E-state index contributed by atoms with van der Waals surface area (Å²) in [4.78, 5) is 11.2. The molecule has 6 nitrogen and oxygen atoms in total. The van der Waals surface area contributed by atoms with Crippen LogP contribution in [0.5, 0.6) is 11.5 Å². The topological polar surface area (TPSA) is 59.5 Å². The Bertz CT molecular complexity index is 1200. The number of aromatic nitrogens is 2. The minimum absolute atomic E-state index is 0.0925. The van der Waals surface area contributed by atoms with Gasteiger partial charge >= 0.3 is 0 Å². The molecule has 1 unspecified atom stereocenters. The van der Waals surface area contributed by atoms with Gasteiger partial charge in [0.2, 0.25) is 5.02 Å². The second-order valence-corrected chi connectivity index (χ2v) is 9.95. The highest BCUT2D eigenvalue weighted by Crippen LogP contribution is 2.42. The van der Waals surface area contributed by atoms with Crippen LogP contribution in [0.1, 0.15) is 19.8 Å². The third-order valence-electron chi connectivity index (χ3n) is 7.07. The number of fused-ring (bicyclic) bond motifs is 2. The molecule has 0 radical (unpaired) electrons. The summed E-state index contributed by atoms with van der Waals surface area (Å²) in [5.41, 5.74) is 0.855. The molecule has 9 heteroatoms. The van der Waals surface area contributed by atoms with E-state index < -0.39 is 5.82 Å². The fraction of sp³-hybridized carbons (Fsp3) is 0.440. The summed E-state index contributed by atoms with van der Waals surface area (Å²) in [6.07, 6.45) is 3.86. The van der Waals surface area contributed by atoms with E-state index in [0.717, 1.165) is 18.4 Å². The molecule has 34 heavy (non-hydrogen) atoms. The van der Waals surface area contributed by atoms with E-state index in [0.29, 0.717) is 40.7 Å². The molecular weight excluding hydrogens is 478 g/mol. The van der Waals surface area contributed by atoms with Crippen molar-refractivity contribution >= 4 is 34.0 Å². The van der Waals surface area contributed by atoms with E-state index in [1.165, 1.54) is 32.3 Å². The second-order valence-electron chi connectivity index (χ2n) is 9.13. The maximum absolute atomic E-state index is 14.6. The first-order chi connectivity index (χ1) is 16.5. The van der Waals surface area contributed by atoms with Crippen LogP contribution in [0.2, 0.25) is 10.0 Å². The molecule has 1 aliphatic carbocycles. The van der Waals surface area contributed by atoms with Crippen LogP contribution in [0.25, 0.3) is 10.9 Å². The molecular formula is C25H28Cl2FN4O2+. The number of methoxy groups -OCH3 is 1. The molecule has 2 aromatic carbocycles. The standard InChI is InChI=1S/C25H28Cl2FN4O2/c1-3-32-10-15-6-14(7-16(15)11-32)12-34-22-9-20-17(8-21(22)33-2)25(30-13-29-20)31-19-5-4-18(26)23(27)24(19)28/h4-5,8-9,13-16,26H,3,6-7,10-12H2,1-2H3,(H,29,30,31)/q+1/t14?,15-,16+. The molecule has 3 aromatic rings. The van der Waals surface area contributed by atoms with Gasteiger partial charge in [0, 0.05) is 30.6 Å². The van der Waals surface area contributed by atoms with Crippen molar-refractivity contribution in [2.24, 2.45) is 17.8 Å². The summed E-state index contributed by atoms with van der Waals surface area (Å²) in [7, 11) is 1.60. The Kier molecular flexibility index (Phi) is 6.69. The first kappa shape index (κ1) is 23.4. The van der Waals surface area contributed by atoms with E-state index in [2.05, 4.69) is 27.1 Å². The molecule has 1 N–H and O–H groups in total. The van der Waals surface area contributed by atoms with Gasteiger partial charge in [-0.05, 0) is 49.3 Å². The minimum Gasteiger partial charge on any atom is -0.493 e. The number of nitrogens with zero attached hydrogens (tertiary/aromatic N) is 3. The van der Waals surface area contributed by atoms with Gasteiger partial charge in [0.25, 0.3) is 0 Å². The van der Waals surface area contributed by atoms with E-state index >= 15 is 0 Å². The normalized spacial score (nSPS) is 22.2. The number of rotatable bonds is 7. The smallest absolute Gasteiger partial charge is 0.247 e. The van der Waals surface area contributed by atoms with Crippen LogP contribution in [-0.4, -0.2) is 48.2 Å². The molecule has 2 fully saturated rings. The van der Waals surface area contributed by atoms with E-state index in [1.807, 2.05) is 12.1 Å². The average molecular weight is 506 g/mol. The predicted molar refractivity (Wildman–Crippen MR) is 129 cm³/mol. The fourth-order valence-corrected chi connectivity index (χ4v) is 5.64. The largest absolute Gasteiger partial charge is 0.493 e. The lowest BCUT2D eigenvalue weighted by atomic mass is 10.0. The Hall–Kier alpha value is -2.35. The van der Waals surface area contributed by atoms with Crippen LogP contribution >= 0.6 is 11.6 Å². The summed E-state index contributed by atoms with van der Waals surface area (Å²) in [5, 5.41) is 3.85. The first-order valence-corrected chi connectivity index (χ1v) is 12.3. The number of nitrogens with one attached hydrogen (secondary N) is 1. The van der Waals surface area contributed by atoms with Crippen LogP contribution < -0.4 is 14.8 Å². The van der Waals surface area contributed by atoms with Gasteiger partial charge in [0.15, 0.2) is 28.9 Å². The van der Waals surface area contributed by atoms with E-state index in [1.54, 1.807) is 19.2 Å². The fourth-order valence-electron chi connectivity index (χ4n) is 5.32. The molecule has 5 rings (SSSR count). The lowest BCUT2D eigenvalue weighted by Gasteiger charge is -2.18. The number of ether oxygens (including phenoxy) is 2. The second kappa shape index (κ2) is 9.72. The predicted octanol–water partition coefficient (Wildman–Crippen LogP) is 5.23. The Morgan fingerprint density at radius 1 is 1.18 bits per heavy atom. The number of likely N-dealkylation sites (tertiary alicyclic amines) is 1. The summed E-state index contributed by atoms with van der Waals surface area (Å²) >= 11 is 11.0. The highest BCUT2D eigenvalue weighted by atomic mass is 35.5. The van der Waals surface area contributed by atoms with Crippen molar-refractivity contribution in [2.75, 3.05) is 38.7 Å². The van der Waals surface area contributed by atoms with Gasteiger partial charge in [-0.25, -0.2) is 14.4 Å². The van der Waals surface area contributed by atoms with Gasteiger partial charge in [-0.15, -0.1) is 0 Å². The molecule has 1 saturated carbocycles. The summed E-state index contributed by atoms with van der Waals surface area (Å²) in [5.74, 6) is 3.19. The quantitative estimate of drug-likeness (QED) is 0.443. The van der Waals surface area contributed by atoms with Crippen LogP contribution in [0, 0.1) is 35.2 Å². The van der Waals surface area contributed by atoms with Crippen molar-refractivity contribution in [3.63, 3.8) is 0 Å². The molecule has 2 aliphatic rings. The zero-order chi connectivity index (χ0) is 23.8. The molecule has 1 saturated heterocycles. The van der Waals surface area contributed by atoms with Crippen molar-refractivity contribution in [1.29, 1.82) is 0 Å². The van der Waals surface area contributed by atoms with E-state index in [-0.39, 0.29) is 15.7 Å². The third kappa shape index (κ3) is 4.49. The molecule has 3 atom stereocenters. The van der Waals surface area contributed by atoms with Crippen LogP contribution in [0.3, 0.4) is 0 Å². The van der Waals surface area contributed by atoms with Crippen molar-refractivity contribution in [2.45, 2.75) is 19.8 Å². The van der Waals surface area contributed by atoms with Gasteiger partial charge in [-0.2, -0.15) is 0 Å². The van der Waals surface area contributed by atoms with Crippen molar-refractivity contribution in [3.8, 4) is 11.5 Å². The molecule has 180 valence electrons. The van der Waals surface area contributed by atoms with Crippen molar-refractivity contribution < 1.29 is 25.5 Å². The molecule has 0 bridgehead atoms. The molecule has 2 heterocycles. The summed E-state index contributed by atoms with van der Waals surface area (Å²) in [6, 6.07) is 6.79. The highest BCUT2D eigenvalue weighted by molar-refractivity contribution is 6.31. The number of benzene rings is 2. The maximum Gasteiger partial charge on any atom is 0.247 e. The minimum atomic E-state index is -0.615. The van der Waals surface area contributed by atoms with Gasteiger partial charge < -0.3 is 19.7 Å². The van der Waals surface area contributed by atoms with Gasteiger partial charge in [-0.1, -0.05) is 18.5 Å². The molecule has 0 spiro atoms. The maximum atomic E-state index is 14.6. The molecule has 1 aromatic heterocycles. The van der Waals surface area contributed by atoms with E-state index in [9.17, 15) is 4.39 Å². The Balaban J connectivity index is 1.34. The first-order valence-electron chi connectivity index (χ1n) is 11.6. The van der Waals surface area contributed by atoms with Crippen LogP contribution in [-0.2, 0) is 0 Å². The Labute approximate surface area is 208 Å². The monoisotopic (exact) mass is 505 g/mol. The highest BCUT2D eigenvalue weighted by Gasteiger charge is 2.40. The average Bonchev–Trinajstić information content (AvgIpc) is 3.41. The third-order valence-corrected chi connectivity index (χ3v) is 7.89. The Morgan fingerprint density at radius 3 is 2.65 bits per heavy atom. The molecule has 1 aliphatic heterocycles. The van der Waals surface area contributed by atoms with Crippen molar-refractivity contribution in [3.05, 3.63) is 46.5 Å². The van der Waals surface area contributed by atoms with Crippen LogP contribution in [0.4, 0.5) is 15.9 Å². The lowest BCUT2D eigenvalue weighted by Crippen LogP contribution is -2.22. The number of hydrogen-bond donors (Lipinski definition) is 1. The zero-order valence-electron chi connectivity index (χ0n) is 19.2. The van der Waals surface area contributed by atoms with Crippen LogP contribution in [0.15, 0.2) is 30.6 Å². The summed E-state index contributed by atoms with van der Waals surface area (Å²) < 4.78 is 26.4. The SMILES string of the molecule is CCN1C[C@H]2CC(COc3cc4ncnc(Nc5ccc([ClH+])c(Cl)c5F)c4cc3OC)C[C@H]2C1. The van der Waals surface area contributed by atoms with Gasteiger partial charge in [0.1, 0.15) is 17.2 Å². The molecule has 0 amide bonds. The summed E-state index contributed by atoms with van der Waals surface area (Å²) in [6.45, 7) is 6.46. The Morgan fingerprint density at radius 2 is 1.94 bits per heavy atom. The lowest BCUT2D eigenvalue weighted by molar-refractivity contribution is -0.288.